The van der Waals surface area contributed by atoms with Crippen LogP contribution >= 0.6 is 0 Å². The lowest BCUT2D eigenvalue weighted by Crippen LogP contribution is -2.49. The van der Waals surface area contributed by atoms with Gasteiger partial charge >= 0.3 is 0 Å². The molecule has 7 nitrogen and oxygen atoms in total. The van der Waals surface area contributed by atoms with Crippen LogP contribution in [-0.4, -0.2) is 56.7 Å². The third-order valence-corrected chi connectivity index (χ3v) is 7.53. The average molecular weight is 535 g/mol. The lowest BCUT2D eigenvalue weighted by molar-refractivity contribution is 0.0746. The first-order chi connectivity index (χ1) is 19.4. The Bertz CT molecular complexity index is 1690. The Hall–Kier alpha value is -4.59. The van der Waals surface area contributed by atoms with Crippen molar-refractivity contribution in [1.82, 2.24) is 24.6 Å². The van der Waals surface area contributed by atoms with E-state index in [1.54, 1.807) is 16.8 Å². The summed E-state index contributed by atoms with van der Waals surface area (Å²) in [4.78, 5) is 27.4. The number of carbonyl (C=O) groups excluding carboxylic acids is 1. The number of fused-ring (bicyclic) bond motifs is 1. The van der Waals surface area contributed by atoms with Crippen molar-refractivity contribution in [3.63, 3.8) is 0 Å². The van der Waals surface area contributed by atoms with Gasteiger partial charge in [0, 0.05) is 38.2 Å². The maximum absolute atomic E-state index is 13.7. The molecule has 0 spiro atoms. The summed E-state index contributed by atoms with van der Waals surface area (Å²) >= 11 is 0. The lowest BCUT2D eigenvalue weighted by atomic mass is 10.1. The number of carbonyl (C=O) groups is 1. The largest absolute Gasteiger partial charge is 0.352 e. The van der Waals surface area contributed by atoms with Crippen LogP contribution in [0.5, 0.6) is 0 Å². The second kappa shape index (κ2) is 10.5. The maximum Gasteiger partial charge on any atom is 0.254 e. The fourth-order valence-corrected chi connectivity index (χ4v) is 5.27. The minimum atomic E-state index is -0.301. The van der Waals surface area contributed by atoms with Gasteiger partial charge in [0.15, 0.2) is 5.65 Å². The molecule has 1 saturated heterocycles. The first-order valence-corrected chi connectivity index (χ1v) is 13.5. The van der Waals surface area contributed by atoms with E-state index >= 15 is 0 Å². The minimum absolute atomic E-state index is 0.0611. The van der Waals surface area contributed by atoms with E-state index < -0.39 is 0 Å². The summed E-state index contributed by atoms with van der Waals surface area (Å²) in [5.41, 5.74) is 6.27. The molecule has 0 aliphatic carbocycles. The lowest BCUT2D eigenvalue weighted by Gasteiger charge is -2.36. The van der Waals surface area contributed by atoms with Crippen LogP contribution in [0.15, 0.2) is 72.8 Å². The Morgan fingerprint density at radius 3 is 2.25 bits per heavy atom. The molecule has 0 saturated carbocycles. The van der Waals surface area contributed by atoms with E-state index in [-0.39, 0.29) is 11.7 Å². The van der Waals surface area contributed by atoms with Crippen molar-refractivity contribution < 1.29 is 9.18 Å². The molecule has 1 aliphatic rings. The number of hydrogen-bond acceptors (Lipinski definition) is 5. The highest BCUT2D eigenvalue weighted by molar-refractivity contribution is 5.96. The highest BCUT2D eigenvalue weighted by atomic mass is 19.1. The molecule has 2 aromatic heterocycles. The van der Waals surface area contributed by atoms with Crippen molar-refractivity contribution >= 4 is 22.8 Å². The van der Waals surface area contributed by atoms with Crippen LogP contribution in [0, 0.1) is 26.6 Å². The number of hydrogen-bond donors (Lipinski definition) is 0. The summed E-state index contributed by atoms with van der Waals surface area (Å²) in [5.74, 6) is 1.27. The summed E-state index contributed by atoms with van der Waals surface area (Å²) in [6, 6.07) is 22.4. The minimum Gasteiger partial charge on any atom is -0.352 e. The molecule has 5 aromatic rings. The molecule has 1 fully saturated rings. The number of nitrogens with zero attached hydrogens (tertiary/aromatic N) is 6. The molecule has 1 aliphatic heterocycles. The van der Waals surface area contributed by atoms with Crippen LogP contribution in [0.1, 0.15) is 38.6 Å². The fraction of sp³-hybridized carbons (Fsp3) is 0.250. The quantitative estimate of drug-likeness (QED) is 0.301. The molecular weight excluding hydrogens is 503 g/mol. The SMILES string of the molecule is Cc1ccc(Cc2nc(N3CCN(C(=O)c4ccccc4C)CC3)c3c(C)nn(-c4ccc(F)cc4)c3n2)cc1. The van der Waals surface area contributed by atoms with Crippen LogP contribution in [0.25, 0.3) is 16.7 Å². The first kappa shape index (κ1) is 25.7. The molecule has 0 atom stereocenters. The van der Waals surface area contributed by atoms with Crippen molar-refractivity contribution in [3.05, 3.63) is 112 Å². The molecule has 0 N–H and O–H groups in total. The van der Waals surface area contributed by atoms with Gasteiger partial charge in [-0.3, -0.25) is 4.79 Å². The van der Waals surface area contributed by atoms with Crippen molar-refractivity contribution in [1.29, 1.82) is 0 Å². The molecular formula is C32H31FN6O. The Morgan fingerprint density at radius 1 is 0.850 bits per heavy atom. The first-order valence-electron chi connectivity index (χ1n) is 13.5. The third-order valence-electron chi connectivity index (χ3n) is 7.53. The van der Waals surface area contributed by atoms with Crippen molar-refractivity contribution in [2.45, 2.75) is 27.2 Å². The number of piperazine rings is 1. The van der Waals surface area contributed by atoms with Gasteiger partial charge in [-0.2, -0.15) is 5.10 Å². The number of anilines is 1. The van der Waals surface area contributed by atoms with Gasteiger partial charge in [0.25, 0.3) is 5.91 Å². The Morgan fingerprint density at radius 2 is 1.55 bits per heavy atom. The van der Waals surface area contributed by atoms with Crippen molar-refractivity contribution in [2.24, 2.45) is 0 Å². The highest BCUT2D eigenvalue weighted by Crippen LogP contribution is 2.30. The van der Waals surface area contributed by atoms with Crippen LogP contribution in [0.4, 0.5) is 10.2 Å². The van der Waals surface area contributed by atoms with Gasteiger partial charge in [0.05, 0.1) is 16.8 Å². The van der Waals surface area contributed by atoms with Crippen molar-refractivity contribution in [3.8, 4) is 5.69 Å². The summed E-state index contributed by atoms with van der Waals surface area (Å²) in [6.07, 6.45) is 0.572. The number of aromatic nitrogens is 4. The zero-order valence-corrected chi connectivity index (χ0v) is 22.9. The van der Waals surface area contributed by atoms with E-state index in [1.165, 1.54) is 17.7 Å². The second-order valence-electron chi connectivity index (χ2n) is 10.4. The number of rotatable bonds is 5. The van der Waals surface area contributed by atoms with E-state index in [0.717, 1.165) is 39.3 Å². The molecule has 3 aromatic carbocycles. The number of aryl methyl sites for hydroxylation is 3. The normalized spacial score (nSPS) is 13.7. The standard InChI is InChI=1S/C32H31FN6O/c1-21-8-10-24(11-9-21)20-28-34-30(29-23(3)36-39(31(29)35-28)26-14-12-25(33)13-15-26)37-16-18-38(19-17-37)32(40)27-7-5-4-6-22(27)2/h4-15H,16-20H2,1-3H3. The molecule has 0 bridgehead atoms. The predicted octanol–water partition coefficient (Wildman–Crippen LogP) is 5.43. The molecule has 0 radical (unpaired) electrons. The topological polar surface area (TPSA) is 67.2 Å². The fourth-order valence-electron chi connectivity index (χ4n) is 5.27. The molecule has 1 amide bonds. The molecule has 40 heavy (non-hydrogen) atoms. The van der Waals surface area contributed by atoms with Gasteiger partial charge < -0.3 is 9.80 Å². The van der Waals surface area contributed by atoms with Crippen LogP contribution < -0.4 is 4.90 Å². The predicted molar refractivity (Wildman–Crippen MR) is 155 cm³/mol. The number of halogens is 1. The Kier molecular flexibility index (Phi) is 6.76. The molecule has 202 valence electrons. The summed E-state index contributed by atoms with van der Waals surface area (Å²) < 4.78 is 15.5. The molecule has 3 heterocycles. The zero-order chi connectivity index (χ0) is 27.8. The zero-order valence-electron chi connectivity index (χ0n) is 22.9. The van der Waals surface area contributed by atoms with Gasteiger partial charge in [-0.15, -0.1) is 0 Å². The molecule has 8 heteroatoms. The van der Waals surface area contributed by atoms with Gasteiger partial charge in [0.2, 0.25) is 0 Å². The van der Waals surface area contributed by atoms with Gasteiger partial charge in [-0.25, -0.2) is 19.0 Å². The van der Waals surface area contributed by atoms with E-state index in [2.05, 4.69) is 36.1 Å². The van der Waals surface area contributed by atoms with Crippen LogP contribution in [0.2, 0.25) is 0 Å². The molecule has 6 rings (SSSR count). The van der Waals surface area contributed by atoms with E-state index in [4.69, 9.17) is 15.1 Å². The van der Waals surface area contributed by atoms with Gasteiger partial charge in [-0.1, -0.05) is 48.0 Å². The number of benzene rings is 3. The summed E-state index contributed by atoms with van der Waals surface area (Å²) in [5, 5.41) is 5.67. The third kappa shape index (κ3) is 4.93. The van der Waals surface area contributed by atoms with E-state index in [1.807, 2.05) is 43.0 Å². The average Bonchev–Trinajstić information content (AvgIpc) is 3.30. The van der Waals surface area contributed by atoms with E-state index in [9.17, 15) is 9.18 Å². The maximum atomic E-state index is 13.7. The Labute approximate surface area is 232 Å². The van der Waals surface area contributed by atoms with Crippen LogP contribution in [0.3, 0.4) is 0 Å². The summed E-state index contributed by atoms with van der Waals surface area (Å²) in [7, 11) is 0. The monoisotopic (exact) mass is 534 g/mol. The number of amides is 1. The van der Waals surface area contributed by atoms with E-state index in [0.29, 0.717) is 44.1 Å². The Balaban J connectivity index is 1.37. The van der Waals surface area contributed by atoms with Gasteiger partial charge in [0.1, 0.15) is 17.5 Å². The van der Waals surface area contributed by atoms with Crippen molar-refractivity contribution in [2.75, 3.05) is 31.1 Å². The molecule has 0 unspecified atom stereocenters. The van der Waals surface area contributed by atoms with Crippen LogP contribution in [-0.2, 0) is 6.42 Å². The van der Waals surface area contributed by atoms with Gasteiger partial charge in [-0.05, 0) is 62.2 Å². The highest BCUT2D eigenvalue weighted by Gasteiger charge is 2.27. The smallest absolute Gasteiger partial charge is 0.254 e. The summed E-state index contributed by atoms with van der Waals surface area (Å²) in [6.45, 7) is 8.47. The second-order valence-corrected chi connectivity index (χ2v) is 10.4.